The van der Waals surface area contributed by atoms with Crippen LogP contribution in [-0.2, 0) is 4.79 Å². The molecular weight excluding hydrogens is 306 g/mol. The molecule has 0 aliphatic carbocycles. The molecule has 0 spiro atoms. The van der Waals surface area contributed by atoms with E-state index in [0.29, 0.717) is 18.8 Å². The average Bonchev–Trinajstić information content (AvgIpc) is 2.65. The van der Waals surface area contributed by atoms with Gasteiger partial charge in [-0.1, -0.05) is 19.9 Å². The second kappa shape index (κ2) is 8.08. The molecule has 0 unspecified atom stereocenters. The molecular formula is C19H27NO4. The molecule has 132 valence electrons. The summed E-state index contributed by atoms with van der Waals surface area (Å²) in [6.45, 7) is 5.36. The Morgan fingerprint density at radius 1 is 1.17 bits per heavy atom. The molecule has 1 heterocycles. The maximum atomic E-state index is 12.3. The lowest BCUT2D eigenvalue weighted by Gasteiger charge is -2.29. The molecule has 0 bridgehead atoms. The fourth-order valence-corrected chi connectivity index (χ4v) is 2.90. The second-order valence-electron chi connectivity index (χ2n) is 5.98. The fraction of sp³-hybridized carbons (Fsp3) is 0.526. The van der Waals surface area contributed by atoms with Crippen LogP contribution in [0.2, 0.25) is 0 Å². The summed E-state index contributed by atoms with van der Waals surface area (Å²) in [4.78, 5) is 14.2. The summed E-state index contributed by atoms with van der Waals surface area (Å²) in [5.41, 5.74) is 2.08. The first kappa shape index (κ1) is 18.2. The summed E-state index contributed by atoms with van der Waals surface area (Å²) < 4.78 is 16.4. The topological polar surface area (TPSA) is 48.0 Å². The van der Waals surface area contributed by atoms with E-state index in [0.717, 1.165) is 35.5 Å². The molecule has 5 heteroatoms. The smallest absolute Gasteiger partial charge is 0.225 e. The maximum absolute atomic E-state index is 12.3. The van der Waals surface area contributed by atoms with Crippen molar-refractivity contribution < 1.29 is 19.0 Å². The van der Waals surface area contributed by atoms with E-state index in [4.69, 9.17) is 14.2 Å². The number of hydrogen-bond donors (Lipinski definition) is 0. The van der Waals surface area contributed by atoms with Crippen LogP contribution in [0.1, 0.15) is 32.3 Å². The Morgan fingerprint density at radius 2 is 1.79 bits per heavy atom. The van der Waals surface area contributed by atoms with Gasteiger partial charge < -0.3 is 19.1 Å². The highest BCUT2D eigenvalue weighted by atomic mass is 16.5. The van der Waals surface area contributed by atoms with Crippen molar-refractivity contribution in [2.75, 3.05) is 34.4 Å². The first-order valence-corrected chi connectivity index (χ1v) is 8.33. The molecule has 0 fully saturated rings. The first-order valence-electron chi connectivity index (χ1n) is 8.33. The van der Waals surface area contributed by atoms with Crippen LogP contribution in [0.4, 0.5) is 0 Å². The van der Waals surface area contributed by atoms with Crippen LogP contribution in [-0.4, -0.2) is 45.2 Å². The minimum atomic E-state index is 0.0741. The van der Waals surface area contributed by atoms with Crippen LogP contribution in [0, 0.1) is 5.92 Å². The van der Waals surface area contributed by atoms with Gasteiger partial charge in [-0.2, -0.15) is 0 Å². The first-order chi connectivity index (χ1) is 11.5. The van der Waals surface area contributed by atoms with Crippen molar-refractivity contribution in [1.82, 2.24) is 4.90 Å². The van der Waals surface area contributed by atoms with E-state index in [1.165, 1.54) is 0 Å². The third-order valence-electron chi connectivity index (χ3n) is 4.59. The van der Waals surface area contributed by atoms with Crippen molar-refractivity contribution in [2.24, 2.45) is 5.92 Å². The molecule has 0 aromatic heterocycles. The lowest BCUT2D eigenvalue weighted by atomic mass is 9.96. The van der Waals surface area contributed by atoms with Crippen LogP contribution >= 0.6 is 0 Å². The van der Waals surface area contributed by atoms with Gasteiger partial charge in [-0.3, -0.25) is 4.79 Å². The minimum absolute atomic E-state index is 0.0741. The Hall–Kier alpha value is -2.17. The monoisotopic (exact) mass is 333 g/mol. The average molecular weight is 333 g/mol. The summed E-state index contributed by atoms with van der Waals surface area (Å²) >= 11 is 0. The Balaban J connectivity index is 2.30. The van der Waals surface area contributed by atoms with Gasteiger partial charge in [0.15, 0.2) is 0 Å². The molecule has 0 N–H and O–H groups in total. The molecule has 1 atom stereocenters. The molecule has 0 radical (unpaired) electrons. The van der Waals surface area contributed by atoms with Gasteiger partial charge in [0.2, 0.25) is 5.91 Å². The van der Waals surface area contributed by atoms with Crippen LogP contribution in [0.5, 0.6) is 17.2 Å². The van der Waals surface area contributed by atoms with Crippen molar-refractivity contribution >= 4 is 11.5 Å². The number of hydrogen-bond acceptors (Lipinski definition) is 4. The van der Waals surface area contributed by atoms with Gasteiger partial charge in [0.05, 0.1) is 26.9 Å². The normalized spacial score (nSPS) is 15.5. The third-order valence-corrected chi connectivity index (χ3v) is 4.59. The predicted octanol–water partition coefficient (Wildman–Crippen LogP) is 3.37. The number of nitrogens with zero attached hydrogens (tertiary/aromatic N) is 1. The SMILES string of the molecule is CC[C@H](C)C(=O)N1CC=C(c2c(OC)cc(OC)cc2OC)CC1. The zero-order chi connectivity index (χ0) is 17.7. The summed E-state index contributed by atoms with van der Waals surface area (Å²) in [5, 5.41) is 0. The van der Waals surface area contributed by atoms with E-state index in [9.17, 15) is 4.79 Å². The molecule has 0 saturated heterocycles. The zero-order valence-electron chi connectivity index (χ0n) is 15.2. The molecule has 5 nitrogen and oxygen atoms in total. The van der Waals surface area contributed by atoms with Gasteiger partial charge in [-0.05, 0) is 18.4 Å². The number of amides is 1. The largest absolute Gasteiger partial charge is 0.496 e. The minimum Gasteiger partial charge on any atom is -0.496 e. The molecule has 1 aromatic carbocycles. The van der Waals surface area contributed by atoms with E-state index in [2.05, 4.69) is 6.08 Å². The van der Waals surface area contributed by atoms with Crippen molar-refractivity contribution in [3.8, 4) is 17.2 Å². The standard InChI is InChI=1S/C19H27NO4/c1-6-13(2)19(21)20-9-7-14(8-10-20)18-16(23-4)11-15(22-3)12-17(18)24-5/h7,11-13H,6,8-10H2,1-5H3/t13-/m0/s1. The summed E-state index contributed by atoms with van der Waals surface area (Å²) in [6, 6.07) is 3.71. The molecule has 2 rings (SSSR count). The Labute approximate surface area is 144 Å². The van der Waals surface area contributed by atoms with Gasteiger partial charge in [-0.15, -0.1) is 0 Å². The van der Waals surface area contributed by atoms with E-state index >= 15 is 0 Å². The van der Waals surface area contributed by atoms with Crippen molar-refractivity contribution in [2.45, 2.75) is 26.7 Å². The Kier molecular flexibility index (Phi) is 6.12. The fourth-order valence-electron chi connectivity index (χ4n) is 2.90. The molecule has 0 saturated carbocycles. The van der Waals surface area contributed by atoms with E-state index in [1.54, 1.807) is 21.3 Å². The maximum Gasteiger partial charge on any atom is 0.225 e. The number of benzene rings is 1. The third kappa shape index (κ3) is 3.66. The molecule has 1 aliphatic heterocycles. The van der Waals surface area contributed by atoms with E-state index in [1.807, 2.05) is 30.9 Å². The molecule has 1 aromatic rings. The predicted molar refractivity (Wildman–Crippen MR) is 94.7 cm³/mol. The lowest BCUT2D eigenvalue weighted by Crippen LogP contribution is -2.38. The van der Waals surface area contributed by atoms with Crippen molar-refractivity contribution in [3.05, 3.63) is 23.8 Å². The van der Waals surface area contributed by atoms with Crippen molar-refractivity contribution in [1.29, 1.82) is 0 Å². The van der Waals surface area contributed by atoms with Gasteiger partial charge in [0, 0.05) is 31.1 Å². The van der Waals surface area contributed by atoms with Gasteiger partial charge in [-0.25, -0.2) is 0 Å². The van der Waals surface area contributed by atoms with Crippen LogP contribution in [0.15, 0.2) is 18.2 Å². The number of carbonyl (C=O) groups excluding carboxylic acids is 1. The number of rotatable bonds is 6. The second-order valence-corrected chi connectivity index (χ2v) is 5.98. The summed E-state index contributed by atoms with van der Waals surface area (Å²) in [7, 11) is 4.89. The molecule has 1 aliphatic rings. The van der Waals surface area contributed by atoms with Crippen molar-refractivity contribution in [3.63, 3.8) is 0 Å². The Morgan fingerprint density at radius 3 is 2.21 bits per heavy atom. The highest BCUT2D eigenvalue weighted by molar-refractivity contribution is 5.82. The van der Waals surface area contributed by atoms with Crippen LogP contribution in [0.3, 0.4) is 0 Å². The summed E-state index contributed by atoms with van der Waals surface area (Å²) in [6.07, 6.45) is 3.74. The lowest BCUT2D eigenvalue weighted by molar-refractivity contribution is -0.134. The van der Waals surface area contributed by atoms with Gasteiger partial charge in [0.1, 0.15) is 17.2 Å². The Bertz CT molecular complexity index is 599. The van der Waals surface area contributed by atoms with Gasteiger partial charge in [0.25, 0.3) is 0 Å². The highest BCUT2D eigenvalue weighted by Crippen LogP contribution is 2.40. The molecule has 1 amide bonds. The van der Waals surface area contributed by atoms with Crippen LogP contribution in [0.25, 0.3) is 5.57 Å². The number of carbonyl (C=O) groups is 1. The number of ether oxygens (including phenoxy) is 3. The number of methoxy groups -OCH3 is 3. The molecule has 24 heavy (non-hydrogen) atoms. The van der Waals surface area contributed by atoms with E-state index < -0.39 is 0 Å². The summed E-state index contributed by atoms with van der Waals surface area (Å²) in [5.74, 6) is 2.43. The van der Waals surface area contributed by atoms with E-state index in [-0.39, 0.29) is 11.8 Å². The quantitative estimate of drug-likeness (QED) is 0.801. The van der Waals surface area contributed by atoms with Gasteiger partial charge >= 0.3 is 0 Å². The highest BCUT2D eigenvalue weighted by Gasteiger charge is 2.24. The van der Waals surface area contributed by atoms with Crippen LogP contribution < -0.4 is 14.2 Å². The zero-order valence-corrected chi connectivity index (χ0v) is 15.2.